The van der Waals surface area contributed by atoms with E-state index in [2.05, 4.69) is 37.0 Å². The average molecular weight is 366 g/mol. The number of benzene rings is 2. The Labute approximate surface area is 160 Å². The van der Waals surface area contributed by atoms with Crippen molar-refractivity contribution in [1.29, 1.82) is 0 Å². The SMILES string of the molecule is C=CCc1cccc(/C=N\NC(=O)COc2cc(C(C)C)ccc2C)c1O. The Hall–Kier alpha value is -3.08. The van der Waals surface area contributed by atoms with Gasteiger partial charge >= 0.3 is 0 Å². The number of hydrogen-bond acceptors (Lipinski definition) is 4. The van der Waals surface area contributed by atoms with E-state index in [-0.39, 0.29) is 18.3 Å². The van der Waals surface area contributed by atoms with Crippen LogP contribution in [0.2, 0.25) is 0 Å². The lowest BCUT2D eigenvalue weighted by Gasteiger charge is -2.12. The zero-order chi connectivity index (χ0) is 19.8. The van der Waals surface area contributed by atoms with Crippen molar-refractivity contribution in [1.82, 2.24) is 5.43 Å². The Morgan fingerprint density at radius 1 is 1.33 bits per heavy atom. The van der Waals surface area contributed by atoms with E-state index in [0.29, 0.717) is 23.7 Å². The standard InChI is InChI=1S/C22H26N2O3/c1-5-7-17-8-6-9-19(22(17)26)13-23-24-21(25)14-27-20-12-18(15(2)3)11-10-16(20)4/h5-6,8-13,15,26H,1,7,14H2,2-4H3,(H,24,25)/b23-13-. The molecule has 0 bridgehead atoms. The van der Waals surface area contributed by atoms with Crippen LogP contribution >= 0.6 is 0 Å². The van der Waals surface area contributed by atoms with Gasteiger partial charge in [-0.05, 0) is 48.1 Å². The van der Waals surface area contributed by atoms with Crippen LogP contribution in [0.5, 0.6) is 11.5 Å². The summed E-state index contributed by atoms with van der Waals surface area (Å²) in [6, 6.07) is 11.3. The van der Waals surface area contributed by atoms with Crippen LogP contribution in [0.4, 0.5) is 0 Å². The number of carbonyl (C=O) groups is 1. The summed E-state index contributed by atoms with van der Waals surface area (Å²) in [5, 5.41) is 14.1. The molecule has 0 aromatic heterocycles. The molecule has 2 aromatic carbocycles. The molecule has 0 fully saturated rings. The highest BCUT2D eigenvalue weighted by molar-refractivity contribution is 5.86. The third-order valence-electron chi connectivity index (χ3n) is 4.15. The molecular formula is C22H26N2O3. The number of aryl methyl sites for hydroxylation is 1. The number of carbonyl (C=O) groups excluding carboxylic acids is 1. The lowest BCUT2D eigenvalue weighted by Crippen LogP contribution is -2.24. The lowest BCUT2D eigenvalue weighted by atomic mass is 10.0. The summed E-state index contributed by atoms with van der Waals surface area (Å²) in [6.07, 6.45) is 3.68. The van der Waals surface area contributed by atoms with E-state index in [9.17, 15) is 9.90 Å². The quantitative estimate of drug-likeness (QED) is 0.420. The number of allylic oxidation sites excluding steroid dienone is 1. The molecule has 0 atom stereocenters. The Bertz CT molecular complexity index is 841. The van der Waals surface area contributed by atoms with Crippen LogP contribution in [0.1, 0.15) is 42.0 Å². The van der Waals surface area contributed by atoms with Crippen LogP contribution in [0, 0.1) is 6.92 Å². The number of nitrogens with zero attached hydrogens (tertiary/aromatic N) is 1. The maximum Gasteiger partial charge on any atom is 0.277 e. The second kappa shape index (κ2) is 9.57. The first kappa shape index (κ1) is 20.2. The van der Waals surface area contributed by atoms with Crippen molar-refractivity contribution < 1.29 is 14.6 Å². The molecular weight excluding hydrogens is 340 g/mol. The molecule has 0 spiro atoms. The second-order valence-electron chi connectivity index (χ2n) is 6.61. The van der Waals surface area contributed by atoms with Crippen molar-refractivity contribution >= 4 is 12.1 Å². The fourth-order valence-electron chi connectivity index (χ4n) is 2.52. The molecule has 1 amide bonds. The normalized spacial score (nSPS) is 11.0. The van der Waals surface area contributed by atoms with E-state index in [1.807, 2.05) is 31.2 Å². The summed E-state index contributed by atoms with van der Waals surface area (Å²) in [5.41, 5.74) is 5.82. The molecule has 0 unspecified atom stereocenters. The third kappa shape index (κ3) is 5.71. The molecule has 142 valence electrons. The number of phenolic OH excluding ortho intramolecular Hbond substituents is 1. The molecule has 5 heteroatoms. The fourth-order valence-corrected chi connectivity index (χ4v) is 2.52. The van der Waals surface area contributed by atoms with Gasteiger partial charge in [0.2, 0.25) is 0 Å². The van der Waals surface area contributed by atoms with Crippen LogP contribution in [-0.2, 0) is 11.2 Å². The summed E-state index contributed by atoms with van der Waals surface area (Å²) in [4.78, 5) is 12.0. The maximum absolute atomic E-state index is 12.0. The van der Waals surface area contributed by atoms with Gasteiger partial charge in [0.1, 0.15) is 11.5 Å². The number of amides is 1. The van der Waals surface area contributed by atoms with Gasteiger partial charge in [0.05, 0.1) is 6.21 Å². The zero-order valence-corrected chi connectivity index (χ0v) is 16.0. The van der Waals surface area contributed by atoms with Gasteiger partial charge < -0.3 is 9.84 Å². The number of hydrazone groups is 1. The van der Waals surface area contributed by atoms with Gasteiger partial charge in [-0.15, -0.1) is 6.58 Å². The maximum atomic E-state index is 12.0. The largest absolute Gasteiger partial charge is 0.507 e. The van der Waals surface area contributed by atoms with Crippen molar-refractivity contribution in [2.45, 2.75) is 33.1 Å². The van der Waals surface area contributed by atoms with E-state index < -0.39 is 0 Å². The molecule has 0 radical (unpaired) electrons. The van der Waals surface area contributed by atoms with Gasteiger partial charge in [-0.25, -0.2) is 5.43 Å². The zero-order valence-electron chi connectivity index (χ0n) is 16.0. The molecule has 2 aromatic rings. The number of ether oxygens (including phenoxy) is 1. The minimum Gasteiger partial charge on any atom is -0.507 e. The van der Waals surface area contributed by atoms with E-state index in [1.165, 1.54) is 6.21 Å². The van der Waals surface area contributed by atoms with Crippen molar-refractivity contribution in [3.63, 3.8) is 0 Å². The number of hydrogen-bond donors (Lipinski definition) is 2. The van der Waals surface area contributed by atoms with Crippen LogP contribution < -0.4 is 10.2 Å². The highest BCUT2D eigenvalue weighted by atomic mass is 16.5. The monoisotopic (exact) mass is 366 g/mol. The Balaban J connectivity index is 1.94. The Morgan fingerprint density at radius 2 is 2.11 bits per heavy atom. The Morgan fingerprint density at radius 3 is 2.81 bits per heavy atom. The number of nitrogens with one attached hydrogen (secondary N) is 1. The van der Waals surface area contributed by atoms with Gasteiger partial charge in [0, 0.05) is 5.56 Å². The predicted octanol–water partition coefficient (Wildman–Crippen LogP) is 4.08. The van der Waals surface area contributed by atoms with Gasteiger partial charge in [0.25, 0.3) is 5.91 Å². The van der Waals surface area contributed by atoms with E-state index in [4.69, 9.17) is 4.74 Å². The van der Waals surface area contributed by atoms with Crippen LogP contribution in [0.15, 0.2) is 54.2 Å². The fraction of sp³-hybridized carbons (Fsp3) is 0.273. The molecule has 2 N–H and O–H groups in total. The van der Waals surface area contributed by atoms with Crippen molar-refractivity contribution in [3.05, 3.63) is 71.3 Å². The number of aromatic hydroxyl groups is 1. The van der Waals surface area contributed by atoms with E-state index in [1.54, 1.807) is 12.1 Å². The van der Waals surface area contributed by atoms with Crippen LogP contribution in [-0.4, -0.2) is 23.8 Å². The first-order valence-corrected chi connectivity index (χ1v) is 8.89. The van der Waals surface area contributed by atoms with Gasteiger partial charge in [0.15, 0.2) is 6.61 Å². The van der Waals surface area contributed by atoms with E-state index in [0.717, 1.165) is 16.7 Å². The molecule has 0 aliphatic rings. The van der Waals surface area contributed by atoms with Crippen LogP contribution in [0.3, 0.4) is 0 Å². The third-order valence-corrected chi connectivity index (χ3v) is 4.15. The minimum absolute atomic E-state index is 0.132. The summed E-state index contributed by atoms with van der Waals surface area (Å²) >= 11 is 0. The van der Waals surface area contributed by atoms with E-state index >= 15 is 0 Å². The van der Waals surface area contributed by atoms with Crippen LogP contribution in [0.25, 0.3) is 0 Å². The highest BCUT2D eigenvalue weighted by Crippen LogP contribution is 2.24. The van der Waals surface area contributed by atoms with Crippen molar-refractivity contribution in [3.8, 4) is 11.5 Å². The van der Waals surface area contributed by atoms with Crippen molar-refractivity contribution in [2.24, 2.45) is 5.10 Å². The topological polar surface area (TPSA) is 70.9 Å². The number of para-hydroxylation sites is 1. The number of phenols is 1. The first-order chi connectivity index (χ1) is 12.9. The second-order valence-corrected chi connectivity index (χ2v) is 6.61. The molecule has 5 nitrogen and oxygen atoms in total. The predicted molar refractivity (Wildman–Crippen MR) is 109 cm³/mol. The first-order valence-electron chi connectivity index (χ1n) is 8.89. The molecule has 0 saturated carbocycles. The molecule has 0 heterocycles. The highest BCUT2D eigenvalue weighted by Gasteiger charge is 2.08. The van der Waals surface area contributed by atoms with Crippen molar-refractivity contribution in [2.75, 3.05) is 6.61 Å². The Kier molecular flexibility index (Phi) is 7.17. The smallest absolute Gasteiger partial charge is 0.277 e. The molecule has 2 rings (SSSR count). The average Bonchev–Trinajstić information content (AvgIpc) is 2.64. The summed E-state index contributed by atoms with van der Waals surface area (Å²) in [5.74, 6) is 0.834. The summed E-state index contributed by atoms with van der Waals surface area (Å²) in [6.45, 7) is 9.68. The molecule has 0 aliphatic heterocycles. The molecule has 0 aliphatic carbocycles. The molecule has 0 saturated heterocycles. The van der Waals surface area contributed by atoms with Gasteiger partial charge in [-0.1, -0.05) is 44.2 Å². The lowest BCUT2D eigenvalue weighted by molar-refractivity contribution is -0.123. The summed E-state index contributed by atoms with van der Waals surface area (Å²) in [7, 11) is 0. The minimum atomic E-state index is -0.373. The molecule has 27 heavy (non-hydrogen) atoms. The number of rotatable bonds is 8. The van der Waals surface area contributed by atoms with Gasteiger partial charge in [-0.2, -0.15) is 5.10 Å². The van der Waals surface area contributed by atoms with Gasteiger partial charge in [-0.3, -0.25) is 4.79 Å². The summed E-state index contributed by atoms with van der Waals surface area (Å²) < 4.78 is 5.62.